The topological polar surface area (TPSA) is 105 Å². The lowest BCUT2D eigenvalue weighted by Crippen LogP contribution is -2.54. The summed E-state index contributed by atoms with van der Waals surface area (Å²) in [5.74, 6) is -3.17. The fraction of sp³-hybridized carbons (Fsp3) is 0.333. The van der Waals surface area contributed by atoms with Crippen LogP contribution in [0.25, 0.3) is 0 Å². The molecule has 3 N–H and O–H groups in total. The van der Waals surface area contributed by atoms with Crippen LogP contribution in [0.15, 0.2) is 47.5 Å². The molecule has 7 nitrogen and oxygen atoms in total. The molecule has 1 aromatic carbocycles. The number of hydrogen-bond acceptors (Lipinski definition) is 5. The molecule has 12 heteroatoms. The first-order valence-electron chi connectivity index (χ1n) is 8.82. The zero-order valence-corrected chi connectivity index (χ0v) is 16.3. The molecular weight excluding hydrogens is 428 g/mol. The zero-order chi connectivity index (χ0) is 22.1. The molecule has 0 spiro atoms. The second kappa shape index (κ2) is 8.19. The van der Waals surface area contributed by atoms with Crippen molar-refractivity contribution < 1.29 is 30.8 Å². The minimum absolute atomic E-state index is 0.0104. The van der Waals surface area contributed by atoms with Gasteiger partial charge >= 0.3 is 12.1 Å². The number of carbonyl (C=O) groups excluding carboxylic acids is 1. The highest BCUT2D eigenvalue weighted by molar-refractivity contribution is 7.89. The third-order valence-corrected chi connectivity index (χ3v) is 5.77. The Morgan fingerprint density at radius 3 is 2.47 bits per heavy atom. The first kappa shape index (κ1) is 22.0. The summed E-state index contributed by atoms with van der Waals surface area (Å²) in [5.41, 5.74) is 0.552. The van der Waals surface area contributed by atoms with Crippen LogP contribution in [0.3, 0.4) is 0 Å². The number of halogens is 4. The predicted molar refractivity (Wildman–Crippen MR) is 99.6 cm³/mol. The molecule has 1 fully saturated rings. The smallest absolute Gasteiger partial charge is 0.353 e. The van der Waals surface area contributed by atoms with Crippen LogP contribution >= 0.6 is 0 Å². The van der Waals surface area contributed by atoms with Crippen LogP contribution in [0.4, 0.5) is 23.4 Å². The van der Waals surface area contributed by atoms with Crippen molar-refractivity contribution in [1.82, 2.24) is 10.3 Å². The molecule has 162 valence electrons. The van der Waals surface area contributed by atoms with E-state index in [1.54, 1.807) is 0 Å². The third kappa shape index (κ3) is 4.87. The summed E-state index contributed by atoms with van der Waals surface area (Å²) < 4.78 is 75.5. The number of carbonyl (C=O) groups is 1. The summed E-state index contributed by atoms with van der Waals surface area (Å²) in [6, 6.07) is 6.83. The second-order valence-electron chi connectivity index (χ2n) is 6.84. The van der Waals surface area contributed by atoms with Gasteiger partial charge in [-0.2, -0.15) is 13.2 Å². The Bertz CT molecular complexity index is 1030. The van der Waals surface area contributed by atoms with Crippen molar-refractivity contribution in [1.29, 1.82) is 0 Å². The van der Waals surface area contributed by atoms with Crippen LogP contribution in [-0.2, 0) is 14.8 Å². The predicted octanol–water partition coefficient (Wildman–Crippen LogP) is 1.91. The van der Waals surface area contributed by atoms with Gasteiger partial charge in [0, 0.05) is 25.2 Å². The van der Waals surface area contributed by atoms with Crippen LogP contribution in [0.2, 0.25) is 0 Å². The number of primary sulfonamides is 1. The number of rotatable bonds is 4. The molecule has 1 saturated heterocycles. The summed E-state index contributed by atoms with van der Waals surface area (Å²) in [6.45, 7) is 0.0867. The maximum Gasteiger partial charge on any atom is 0.471 e. The van der Waals surface area contributed by atoms with Gasteiger partial charge in [-0.1, -0.05) is 12.1 Å². The number of pyridine rings is 1. The van der Waals surface area contributed by atoms with Gasteiger partial charge < -0.3 is 10.2 Å². The van der Waals surface area contributed by atoms with E-state index >= 15 is 0 Å². The highest BCUT2D eigenvalue weighted by atomic mass is 32.2. The van der Waals surface area contributed by atoms with E-state index in [4.69, 9.17) is 5.14 Å². The number of nitrogens with one attached hydrogen (secondary N) is 1. The highest BCUT2D eigenvalue weighted by Crippen LogP contribution is 2.33. The molecule has 2 unspecified atom stereocenters. The molecule has 1 amide bonds. The van der Waals surface area contributed by atoms with E-state index in [1.807, 2.05) is 5.32 Å². The summed E-state index contributed by atoms with van der Waals surface area (Å²) in [7, 11) is -4.13. The molecule has 2 heterocycles. The number of aromatic nitrogens is 1. The van der Waals surface area contributed by atoms with Crippen molar-refractivity contribution in [2.45, 2.75) is 29.5 Å². The molecule has 0 aliphatic carbocycles. The normalized spacial score (nSPS) is 20.1. The average Bonchev–Trinajstić information content (AvgIpc) is 2.67. The number of amides is 1. The Labute approximate surface area is 169 Å². The molecule has 2 atom stereocenters. The van der Waals surface area contributed by atoms with E-state index in [0.717, 1.165) is 0 Å². The van der Waals surface area contributed by atoms with E-state index in [2.05, 4.69) is 4.98 Å². The summed E-state index contributed by atoms with van der Waals surface area (Å²) in [6.07, 6.45) is -3.50. The Morgan fingerprint density at radius 2 is 1.87 bits per heavy atom. The van der Waals surface area contributed by atoms with Crippen molar-refractivity contribution in [3.05, 3.63) is 54.0 Å². The number of benzene rings is 1. The van der Waals surface area contributed by atoms with Crippen molar-refractivity contribution >= 4 is 21.7 Å². The Balaban J connectivity index is 1.94. The van der Waals surface area contributed by atoms with Gasteiger partial charge in [0.1, 0.15) is 16.5 Å². The number of hydrogen-bond donors (Lipinski definition) is 2. The summed E-state index contributed by atoms with van der Waals surface area (Å²) in [5, 5.41) is 7.19. The lowest BCUT2D eigenvalue weighted by atomic mass is 9.85. The van der Waals surface area contributed by atoms with Crippen LogP contribution in [0, 0.1) is 5.82 Å². The number of sulfonamides is 1. The molecule has 0 bridgehead atoms. The molecule has 30 heavy (non-hydrogen) atoms. The third-order valence-electron chi connectivity index (χ3n) is 4.84. The minimum Gasteiger partial charge on any atom is -0.353 e. The maximum absolute atomic E-state index is 13.3. The molecule has 0 saturated carbocycles. The number of anilines is 1. The number of nitrogens with zero attached hydrogens (tertiary/aromatic N) is 2. The van der Waals surface area contributed by atoms with Crippen molar-refractivity contribution in [3.8, 4) is 0 Å². The molecule has 3 rings (SSSR count). The van der Waals surface area contributed by atoms with Crippen molar-refractivity contribution in [2.75, 3.05) is 18.0 Å². The second-order valence-corrected chi connectivity index (χ2v) is 8.37. The van der Waals surface area contributed by atoms with E-state index in [-0.39, 0.29) is 30.2 Å². The molecule has 1 aromatic heterocycles. The van der Waals surface area contributed by atoms with E-state index < -0.39 is 39.9 Å². The SMILES string of the molecule is NS(=O)(=O)c1cccnc1N1CCC(c2ccc(F)cc2)C(NC(=O)C(F)(F)F)C1. The molecular formula is C18H18F4N4O3S. The quantitative estimate of drug-likeness (QED) is 0.698. The number of piperidine rings is 1. The van der Waals surface area contributed by atoms with Gasteiger partial charge in [-0.25, -0.2) is 22.9 Å². The lowest BCUT2D eigenvalue weighted by molar-refractivity contribution is -0.174. The van der Waals surface area contributed by atoms with Gasteiger partial charge in [-0.15, -0.1) is 0 Å². The standard InChI is InChI=1S/C18H18F4N4O3S/c19-12-5-3-11(4-6-12)13-7-9-26(10-14(13)25-17(27)18(20,21)22)16-15(30(23,28)29)2-1-8-24-16/h1-6,8,13-14H,7,9-10H2,(H,25,27)(H2,23,28,29). The minimum atomic E-state index is -5.09. The van der Waals surface area contributed by atoms with E-state index in [0.29, 0.717) is 5.56 Å². The van der Waals surface area contributed by atoms with Crippen molar-refractivity contribution in [2.24, 2.45) is 5.14 Å². The van der Waals surface area contributed by atoms with Crippen LogP contribution in [0.5, 0.6) is 0 Å². The first-order chi connectivity index (χ1) is 14.0. The molecule has 1 aliphatic rings. The van der Waals surface area contributed by atoms with E-state index in [9.17, 15) is 30.8 Å². The number of nitrogens with two attached hydrogens (primary N) is 1. The van der Waals surface area contributed by atoms with Gasteiger partial charge in [0.2, 0.25) is 10.0 Å². The fourth-order valence-electron chi connectivity index (χ4n) is 3.49. The van der Waals surface area contributed by atoms with Crippen LogP contribution in [-0.4, -0.2) is 44.6 Å². The molecule has 0 radical (unpaired) electrons. The fourth-order valence-corrected chi connectivity index (χ4v) is 4.20. The van der Waals surface area contributed by atoms with Gasteiger partial charge in [0.25, 0.3) is 0 Å². The van der Waals surface area contributed by atoms with Crippen molar-refractivity contribution in [3.63, 3.8) is 0 Å². The average molecular weight is 446 g/mol. The molecule has 2 aromatic rings. The highest BCUT2D eigenvalue weighted by Gasteiger charge is 2.42. The van der Waals surface area contributed by atoms with Gasteiger partial charge in [0.15, 0.2) is 0 Å². The van der Waals surface area contributed by atoms with Gasteiger partial charge in [0.05, 0.1) is 6.04 Å². The van der Waals surface area contributed by atoms with Crippen LogP contribution in [0.1, 0.15) is 17.9 Å². The molecule has 1 aliphatic heterocycles. The zero-order valence-electron chi connectivity index (χ0n) is 15.4. The Hall–Kier alpha value is -2.73. The van der Waals surface area contributed by atoms with Gasteiger partial charge in [-0.3, -0.25) is 4.79 Å². The van der Waals surface area contributed by atoms with Crippen LogP contribution < -0.4 is 15.4 Å². The Morgan fingerprint density at radius 1 is 1.20 bits per heavy atom. The van der Waals surface area contributed by atoms with Gasteiger partial charge in [-0.05, 0) is 36.2 Å². The first-order valence-corrected chi connectivity index (χ1v) is 10.4. The lowest BCUT2D eigenvalue weighted by Gasteiger charge is -2.40. The largest absolute Gasteiger partial charge is 0.471 e. The van der Waals surface area contributed by atoms with E-state index in [1.165, 1.54) is 47.5 Å². The summed E-state index contributed by atoms with van der Waals surface area (Å²) >= 11 is 0. The number of alkyl halides is 3. The summed E-state index contributed by atoms with van der Waals surface area (Å²) in [4.78, 5) is 16.8. The Kier molecular flexibility index (Phi) is 5.99. The maximum atomic E-state index is 13.3. The monoisotopic (exact) mass is 446 g/mol.